The molecule has 1 aliphatic heterocycles. The van der Waals surface area contributed by atoms with Crippen LogP contribution in [-0.4, -0.2) is 47.5 Å². The molecule has 2 fully saturated rings. The number of esters is 1. The molecule has 1 aromatic rings. The van der Waals surface area contributed by atoms with Crippen molar-refractivity contribution < 1.29 is 28.7 Å². The first-order valence-electron chi connectivity index (χ1n) is 9.29. The number of imide groups is 1. The normalized spacial score (nSPS) is 21.2. The van der Waals surface area contributed by atoms with Gasteiger partial charge in [-0.25, -0.2) is 0 Å². The Hall–Kier alpha value is -3.03. The van der Waals surface area contributed by atoms with E-state index in [2.05, 4.69) is 5.32 Å². The molecule has 1 heterocycles. The summed E-state index contributed by atoms with van der Waals surface area (Å²) in [5.41, 5.74) is 0.670. The lowest BCUT2D eigenvalue weighted by Crippen LogP contribution is -2.37. The molecule has 8 nitrogen and oxygen atoms in total. The number of fused-ring (bicyclic) bond motifs is 1. The summed E-state index contributed by atoms with van der Waals surface area (Å²) in [7, 11) is 0. The van der Waals surface area contributed by atoms with Crippen molar-refractivity contribution in [3.05, 3.63) is 29.8 Å². The third-order valence-electron chi connectivity index (χ3n) is 5.16. The smallest absolute Gasteiger partial charge is 0.326 e. The van der Waals surface area contributed by atoms with Gasteiger partial charge in [-0.15, -0.1) is 0 Å². The SMILES string of the molecule is CC(=O)c1ccccc1NC(=O)COC(=O)CN1C(=O)[C@@H]2CCCC[C@H]2C1=O. The van der Waals surface area contributed by atoms with Crippen LogP contribution in [0, 0.1) is 11.8 Å². The van der Waals surface area contributed by atoms with Crippen LogP contribution in [0.25, 0.3) is 0 Å². The van der Waals surface area contributed by atoms with Crippen LogP contribution in [0.2, 0.25) is 0 Å². The lowest BCUT2D eigenvalue weighted by molar-refractivity contribution is -0.154. The average Bonchev–Trinajstić information content (AvgIpc) is 2.92. The standard InChI is InChI=1S/C20H22N2O6/c1-12(23)13-6-4-5-9-16(13)21-17(24)11-28-18(25)10-22-19(26)14-7-2-3-8-15(14)20(22)27/h4-6,9,14-15H,2-3,7-8,10-11H2,1H3,(H,21,24)/t14-,15-/m1/s1. The summed E-state index contributed by atoms with van der Waals surface area (Å²) in [6.45, 7) is 0.322. The molecule has 0 spiro atoms. The van der Waals surface area contributed by atoms with E-state index >= 15 is 0 Å². The Balaban J connectivity index is 1.52. The summed E-state index contributed by atoms with van der Waals surface area (Å²) < 4.78 is 4.91. The Morgan fingerprint density at radius 2 is 1.68 bits per heavy atom. The van der Waals surface area contributed by atoms with Crippen LogP contribution in [0.1, 0.15) is 43.0 Å². The molecule has 0 aromatic heterocycles. The van der Waals surface area contributed by atoms with Crippen LogP contribution in [0.3, 0.4) is 0 Å². The third-order valence-corrected chi connectivity index (χ3v) is 5.16. The first-order chi connectivity index (χ1) is 13.4. The fourth-order valence-electron chi connectivity index (χ4n) is 3.79. The van der Waals surface area contributed by atoms with Crippen LogP contribution in [0.5, 0.6) is 0 Å². The number of nitrogens with one attached hydrogen (secondary N) is 1. The highest BCUT2D eigenvalue weighted by Crippen LogP contribution is 2.37. The van der Waals surface area contributed by atoms with Gasteiger partial charge in [-0.1, -0.05) is 25.0 Å². The molecule has 2 aliphatic rings. The third kappa shape index (κ3) is 4.11. The molecule has 0 radical (unpaired) electrons. The second kappa shape index (κ2) is 8.33. The molecule has 3 amide bonds. The second-order valence-electron chi connectivity index (χ2n) is 7.07. The molecule has 1 saturated heterocycles. The zero-order valence-electron chi connectivity index (χ0n) is 15.6. The van der Waals surface area contributed by atoms with E-state index in [1.807, 2.05) is 0 Å². The van der Waals surface area contributed by atoms with Crippen LogP contribution in [0.4, 0.5) is 5.69 Å². The first kappa shape index (κ1) is 19.7. The van der Waals surface area contributed by atoms with E-state index in [1.54, 1.807) is 24.3 Å². The number of hydrogen-bond acceptors (Lipinski definition) is 6. The Kier molecular flexibility index (Phi) is 5.87. The zero-order chi connectivity index (χ0) is 20.3. The summed E-state index contributed by atoms with van der Waals surface area (Å²) >= 11 is 0. The Labute approximate surface area is 162 Å². The van der Waals surface area contributed by atoms with Gasteiger partial charge in [-0.3, -0.25) is 28.9 Å². The van der Waals surface area contributed by atoms with E-state index in [9.17, 15) is 24.0 Å². The number of para-hydroxylation sites is 1. The number of anilines is 1. The average molecular weight is 386 g/mol. The fourth-order valence-corrected chi connectivity index (χ4v) is 3.79. The molecule has 2 atom stereocenters. The van der Waals surface area contributed by atoms with Gasteiger partial charge in [0.05, 0.1) is 17.5 Å². The Morgan fingerprint density at radius 3 is 2.29 bits per heavy atom. The van der Waals surface area contributed by atoms with Gasteiger partial charge in [0, 0.05) is 5.56 Å². The van der Waals surface area contributed by atoms with Gasteiger partial charge in [0.2, 0.25) is 11.8 Å². The quantitative estimate of drug-likeness (QED) is 0.451. The van der Waals surface area contributed by atoms with Gasteiger partial charge in [0.25, 0.3) is 5.91 Å². The van der Waals surface area contributed by atoms with Gasteiger partial charge in [-0.05, 0) is 31.9 Å². The van der Waals surface area contributed by atoms with Crippen molar-refractivity contribution >= 4 is 35.2 Å². The van der Waals surface area contributed by atoms with Gasteiger partial charge in [-0.2, -0.15) is 0 Å². The van der Waals surface area contributed by atoms with E-state index < -0.39 is 25.0 Å². The van der Waals surface area contributed by atoms with Crippen molar-refractivity contribution in [1.82, 2.24) is 4.90 Å². The maximum Gasteiger partial charge on any atom is 0.326 e. The van der Waals surface area contributed by atoms with E-state index in [0.717, 1.165) is 17.7 Å². The summed E-state index contributed by atoms with van der Waals surface area (Å²) in [5.74, 6) is -2.97. The molecule has 8 heteroatoms. The van der Waals surface area contributed by atoms with Crippen LogP contribution in [0.15, 0.2) is 24.3 Å². The van der Waals surface area contributed by atoms with Crippen molar-refractivity contribution in [1.29, 1.82) is 0 Å². The predicted molar refractivity (Wildman–Crippen MR) is 98.2 cm³/mol. The minimum atomic E-state index is -0.824. The number of amides is 3. The van der Waals surface area contributed by atoms with Crippen molar-refractivity contribution in [2.24, 2.45) is 11.8 Å². The molecule has 1 aliphatic carbocycles. The molecule has 1 N–H and O–H groups in total. The molecule has 0 unspecified atom stereocenters. The van der Waals surface area contributed by atoms with Gasteiger partial charge < -0.3 is 10.1 Å². The van der Waals surface area contributed by atoms with Crippen LogP contribution < -0.4 is 5.32 Å². The molecule has 148 valence electrons. The Bertz CT molecular complexity index is 810. The lowest BCUT2D eigenvalue weighted by atomic mass is 9.81. The monoisotopic (exact) mass is 386 g/mol. The number of carbonyl (C=O) groups excluding carboxylic acids is 5. The van der Waals surface area contributed by atoms with Crippen molar-refractivity contribution in [2.75, 3.05) is 18.5 Å². The summed E-state index contributed by atoms with van der Waals surface area (Å²) in [4.78, 5) is 61.3. The maximum absolute atomic E-state index is 12.4. The van der Waals surface area contributed by atoms with E-state index in [1.165, 1.54) is 6.92 Å². The highest BCUT2D eigenvalue weighted by atomic mass is 16.5. The molecule has 1 saturated carbocycles. The molecule has 1 aromatic carbocycles. The topological polar surface area (TPSA) is 110 Å². The lowest BCUT2D eigenvalue weighted by Gasteiger charge is -2.19. The minimum Gasteiger partial charge on any atom is -0.454 e. The largest absolute Gasteiger partial charge is 0.454 e. The van der Waals surface area contributed by atoms with Crippen molar-refractivity contribution in [3.63, 3.8) is 0 Å². The first-order valence-corrected chi connectivity index (χ1v) is 9.29. The van der Waals surface area contributed by atoms with Crippen LogP contribution in [-0.2, 0) is 23.9 Å². The molecule has 0 bridgehead atoms. The van der Waals surface area contributed by atoms with Crippen LogP contribution >= 0.6 is 0 Å². The fraction of sp³-hybridized carbons (Fsp3) is 0.450. The van der Waals surface area contributed by atoms with Crippen molar-refractivity contribution in [2.45, 2.75) is 32.6 Å². The van der Waals surface area contributed by atoms with Gasteiger partial charge >= 0.3 is 5.97 Å². The number of ketones is 1. The minimum absolute atomic E-state index is 0.208. The number of benzene rings is 1. The molecular weight excluding hydrogens is 364 g/mol. The Morgan fingerprint density at radius 1 is 1.07 bits per heavy atom. The number of carbonyl (C=O) groups is 5. The summed E-state index contributed by atoms with van der Waals surface area (Å²) in [5, 5.41) is 2.51. The summed E-state index contributed by atoms with van der Waals surface area (Å²) in [6.07, 6.45) is 3.14. The molecule has 28 heavy (non-hydrogen) atoms. The number of Topliss-reactive ketones (excluding diaryl/α,β-unsaturated/α-hetero) is 1. The van der Waals surface area contributed by atoms with E-state index in [0.29, 0.717) is 24.1 Å². The maximum atomic E-state index is 12.4. The van der Waals surface area contributed by atoms with E-state index in [-0.39, 0.29) is 29.4 Å². The highest BCUT2D eigenvalue weighted by molar-refractivity contribution is 6.07. The highest BCUT2D eigenvalue weighted by Gasteiger charge is 2.48. The van der Waals surface area contributed by atoms with E-state index in [4.69, 9.17) is 4.74 Å². The number of nitrogens with zero attached hydrogens (tertiary/aromatic N) is 1. The number of likely N-dealkylation sites (tertiary alicyclic amines) is 1. The van der Waals surface area contributed by atoms with Crippen molar-refractivity contribution in [3.8, 4) is 0 Å². The zero-order valence-corrected chi connectivity index (χ0v) is 15.6. The predicted octanol–water partition coefficient (Wildman–Crippen LogP) is 1.55. The second-order valence-corrected chi connectivity index (χ2v) is 7.07. The number of rotatable bonds is 6. The number of hydrogen-bond donors (Lipinski definition) is 1. The van der Waals surface area contributed by atoms with Gasteiger partial charge in [0.1, 0.15) is 6.54 Å². The molecule has 3 rings (SSSR count). The summed E-state index contributed by atoms with van der Waals surface area (Å²) in [6, 6.07) is 6.49. The number of ether oxygens (including phenoxy) is 1. The molecular formula is C20H22N2O6. The van der Waals surface area contributed by atoms with Gasteiger partial charge in [0.15, 0.2) is 12.4 Å².